The van der Waals surface area contributed by atoms with Gasteiger partial charge in [-0.1, -0.05) is 29.8 Å². The number of para-hydroxylation sites is 1. The van der Waals surface area contributed by atoms with E-state index in [1.807, 2.05) is 30.3 Å². The third kappa shape index (κ3) is 5.16. The molecule has 0 spiro atoms. The molecule has 2 heterocycles. The lowest BCUT2D eigenvalue weighted by molar-refractivity contribution is 0.103. The Labute approximate surface area is 198 Å². The van der Waals surface area contributed by atoms with Crippen molar-refractivity contribution in [1.82, 2.24) is 10.3 Å². The van der Waals surface area contributed by atoms with Crippen molar-refractivity contribution in [2.45, 2.75) is 18.9 Å². The van der Waals surface area contributed by atoms with E-state index in [1.54, 1.807) is 31.4 Å². The van der Waals surface area contributed by atoms with Crippen molar-refractivity contribution in [3.63, 3.8) is 0 Å². The van der Waals surface area contributed by atoms with E-state index in [-0.39, 0.29) is 11.8 Å². The predicted octanol–water partition coefficient (Wildman–Crippen LogP) is 4.93. The molecule has 2 aromatic carbocycles. The van der Waals surface area contributed by atoms with Gasteiger partial charge < -0.3 is 20.4 Å². The molecule has 1 saturated heterocycles. The van der Waals surface area contributed by atoms with Crippen LogP contribution in [0.3, 0.4) is 0 Å². The first kappa shape index (κ1) is 22.8. The first-order valence-corrected chi connectivity index (χ1v) is 11.2. The van der Waals surface area contributed by atoms with Gasteiger partial charge in [0.25, 0.3) is 0 Å². The number of aromatic amines is 1. The second kappa shape index (κ2) is 10.5. The number of piperidine rings is 1. The van der Waals surface area contributed by atoms with Gasteiger partial charge >= 0.3 is 0 Å². The highest BCUT2D eigenvalue weighted by atomic mass is 35.5. The van der Waals surface area contributed by atoms with Crippen LogP contribution in [0.5, 0.6) is 11.5 Å². The van der Waals surface area contributed by atoms with E-state index in [2.05, 4.69) is 27.3 Å². The van der Waals surface area contributed by atoms with E-state index in [4.69, 9.17) is 21.3 Å². The minimum atomic E-state index is -0.235. The van der Waals surface area contributed by atoms with Crippen LogP contribution < -0.4 is 15.4 Å². The van der Waals surface area contributed by atoms with E-state index in [0.717, 1.165) is 25.9 Å². The Hall–Kier alpha value is -3.42. The van der Waals surface area contributed by atoms with Gasteiger partial charge in [-0.3, -0.25) is 9.79 Å². The highest BCUT2D eigenvalue weighted by molar-refractivity contribution is 6.35. The second-order valence-corrected chi connectivity index (χ2v) is 8.09. The van der Waals surface area contributed by atoms with Gasteiger partial charge in [0.15, 0.2) is 11.6 Å². The molecule has 1 aromatic heterocycles. The van der Waals surface area contributed by atoms with Crippen molar-refractivity contribution >= 4 is 35.8 Å². The van der Waals surface area contributed by atoms with Crippen LogP contribution in [0.15, 0.2) is 64.7 Å². The maximum atomic E-state index is 13.5. The normalized spacial score (nSPS) is 14.7. The first-order chi connectivity index (χ1) is 16.1. The number of rotatable bonds is 7. The van der Waals surface area contributed by atoms with Crippen molar-refractivity contribution in [2.24, 2.45) is 9.98 Å². The number of carbonyl (C=O) groups excluding carboxylic acids is 1. The monoisotopic (exact) mass is 463 g/mol. The Balaban J connectivity index is 1.65. The van der Waals surface area contributed by atoms with Crippen molar-refractivity contribution in [3.8, 4) is 11.5 Å². The Morgan fingerprint density at radius 2 is 1.88 bits per heavy atom. The number of hydrogen-bond acceptors (Lipinski definition) is 5. The maximum Gasteiger partial charge on any atom is 0.196 e. The summed E-state index contributed by atoms with van der Waals surface area (Å²) in [5.41, 5.74) is 1.39. The van der Waals surface area contributed by atoms with Gasteiger partial charge in [0, 0.05) is 24.9 Å². The van der Waals surface area contributed by atoms with Gasteiger partial charge in [-0.15, -0.1) is 0 Å². The number of nitrogens with zero attached hydrogens (tertiary/aromatic N) is 2. The quantitative estimate of drug-likeness (QED) is 0.263. The number of halogens is 1. The van der Waals surface area contributed by atoms with Crippen LogP contribution in [0.1, 0.15) is 34.3 Å². The predicted molar refractivity (Wildman–Crippen MR) is 134 cm³/mol. The number of anilines is 1. The number of amidine groups is 1. The van der Waals surface area contributed by atoms with Crippen LogP contribution in [0.4, 0.5) is 5.82 Å². The summed E-state index contributed by atoms with van der Waals surface area (Å²) in [5, 5.41) is 6.71. The van der Waals surface area contributed by atoms with Crippen LogP contribution in [0, 0.1) is 0 Å². The van der Waals surface area contributed by atoms with E-state index in [1.165, 1.54) is 0 Å². The summed E-state index contributed by atoms with van der Waals surface area (Å²) < 4.78 is 5.83. The van der Waals surface area contributed by atoms with Crippen molar-refractivity contribution in [1.29, 1.82) is 0 Å². The molecular formula is C25H26ClN5O2. The molecule has 4 rings (SSSR count). The molecule has 0 aliphatic carbocycles. The molecule has 1 aliphatic heterocycles. The Morgan fingerprint density at radius 1 is 1.12 bits per heavy atom. The first-order valence-electron chi connectivity index (χ1n) is 10.8. The molecule has 170 valence electrons. The van der Waals surface area contributed by atoms with E-state index in [0.29, 0.717) is 44.9 Å². The summed E-state index contributed by atoms with van der Waals surface area (Å²) in [6.45, 7) is 5.52. The number of nitrogens with one attached hydrogen (secondary N) is 3. The number of hydrogen-bond donors (Lipinski definition) is 3. The SMILES string of the molecule is C=NC(=NC1CCNCC1)c1c(C(=O)c2ccc(Oc3ccccc3)cc2Cl)c[nH]c1NC. The third-order valence-electron chi connectivity index (χ3n) is 5.53. The average molecular weight is 464 g/mol. The zero-order chi connectivity index (χ0) is 23.2. The molecule has 0 unspecified atom stereocenters. The Morgan fingerprint density at radius 3 is 2.55 bits per heavy atom. The molecule has 3 aromatic rings. The molecule has 3 N–H and O–H groups in total. The molecular weight excluding hydrogens is 438 g/mol. The topological polar surface area (TPSA) is 90.9 Å². The van der Waals surface area contributed by atoms with Gasteiger partial charge in [0.2, 0.25) is 0 Å². The highest BCUT2D eigenvalue weighted by Gasteiger charge is 2.25. The molecule has 0 amide bonds. The lowest BCUT2D eigenvalue weighted by Crippen LogP contribution is -2.30. The van der Waals surface area contributed by atoms with Crippen molar-refractivity contribution in [3.05, 3.63) is 76.4 Å². The van der Waals surface area contributed by atoms with Crippen LogP contribution in [0.2, 0.25) is 5.02 Å². The minimum absolute atomic E-state index is 0.132. The fourth-order valence-electron chi connectivity index (χ4n) is 3.84. The second-order valence-electron chi connectivity index (χ2n) is 7.68. The molecule has 8 heteroatoms. The number of ketones is 1. The molecule has 0 saturated carbocycles. The van der Waals surface area contributed by atoms with Crippen LogP contribution in [-0.4, -0.2) is 49.5 Å². The summed E-state index contributed by atoms with van der Waals surface area (Å²) in [5.74, 6) is 2.10. The number of carbonyl (C=O) groups is 1. The number of ether oxygens (including phenoxy) is 1. The number of aromatic nitrogens is 1. The molecule has 0 radical (unpaired) electrons. The van der Waals surface area contributed by atoms with Gasteiger partial charge in [-0.25, -0.2) is 4.99 Å². The number of benzene rings is 2. The maximum absolute atomic E-state index is 13.5. The number of H-pyrrole nitrogens is 1. The minimum Gasteiger partial charge on any atom is -0.457 e. The fourth-order valence-corrected chi connectivity index (χ4v) is 4.09. The highest BCUT2D eigenvalue weighted by Crippen LogP contribution is 2.30. The summed E-state index contributed by atoms with van der Waals surface area (Å²) in [4.78, 5) is 25.6. The summed E-state index contributed by atoms with van der Waals surface area (Å²) >= 11 is 6.50. The average Bonchev–Trinajstić information content (AvgIpc) is 3.27. The number of aliphatic imine (C=N–C) groups is 2. The van der Waals surface area contributed by atoms with Crippen molar-refractivity contribution in [2.75, 3.05) is 25.5 Å². The summed E-state index contributed by atoms with van der Waals surface area (Å²) in [6, 6.07) is 14.6. The summed E-state index contributed by atoms with van der Waals surface area (Å²) in [6.07, 6.45) is 3.48. The van der Waals surface area contributed by atoms with E-state index in [9.17, 15) is 4.79 Å². The van der Waals surface area contributed by atoms with Crippen LogP contribution in [-0.2, 0) is 0 Å². The smallest absolute Gasteiger partial charge is 0.196 e. The van der Waals surface area contributed by atoms with E-state index < -0.39 is 0 Å². The standard InChI is InChI=1S/C25H26ClN5O2/c1-27-24-22(25(28-2)31-16-10-12-29-13-11-16)20(15-30-24)23(32)19-9-8-18(14-21(19)26)33-17-6-4-3-5-7-17/h3-9,14-16,27,29-30H,2,10-13H2,1H3. The van der Waals surface area contributed by atoms with E-state index >= 15 is 0 Å². The Bertz CT molecular complexity index is 1170. The van der Waals surface area contributed by atoms with Gasteiger partial charge in [0.05, 0.1) is 22.2 Å². The molecule has 1 fully saturated rings. The molecule has 0 bridgehead atoms. The molecule has 0 atom stereocenters. The molecule has 1 aliphatic rings. The van der Waals surface area contributed by atoms with Gasteiger partial charge in [0.1, 0.15) is 17.3 Å². The van der Waals surface area contributed by atoms with Gasteiger partial charge in [-0.05, 0) is 56.9 Å². The zero-order valence-corrected chi connectivity index (χ0v) is 19.2. The summed E-state index contributed by atoms with van der Waals surface area (Å²) in [7, 11) is 1.78. The zero-order valence-electron chi connectivity index (χ0n) is 18.4. The largest absolute Gasteiger partial charge is 0.457 e. The van der Waals surface area contributed by atoms with Crippen LogP contribution in [0.25, 0.3) is 0 Å². The van der Waals surface area contributed by atoms with Gasteiger partial charge in [-0.2, -0.15) is 0 Å². The third-order valence-corrected chi connectivity index (χ3v) is 5.84. The van der Waals surface area contributed by atoms with Crippen LogP contribution >= 0.6 is 11.6 Å². The lowest BCUT2D eigenvalue weighted by Gasteiger charge is -2.19. The van der Waals surface area contributed by atoms with Crippen molar-refractivity contribution < 1.29 is 9.53 Å². The molecule has 7 nitrogen and oxygen atoms in total. The lowest BCUT2D eigenvalue weighted by atomic mass is 10.0. The Kier molecular flexibility index (Phi) is 7.22. The fraction of sp³-hybridized carbons (Fsp3) is 0.240. The molecule has 33 heavy (non-hydrogen) atoms.